The number of nitrogens with one attached hydrogen (secondary N) is 1. The third kappa shape index (κ3) is 3.67. The predicted molar refractivity (Wildman–Crippen MR) is 125 cm³/mol. The van der Waals surface area contributed by atoms with E-state index in [0.29, 0.717) is 40.4 Å². The van der Waals surface area contributed by atoms with Crippen LogP contribution in [0.2, 0.25) is 5.02 Å². The molecular formula is C23H22ClN3O6S. The zero-order valence-electron chi connectivity index (χ0n) is 18.2. The minimum absolute atomic E-state index is 0.00205. The van der Waals surface area contributed by atoms with Gasteiger partial charge in [-0.3, -0.25) is 9.89 Å². The molecule has 0 bridgehead atoms. The standard InChI is InChI=1S/C23H22ClN3O6S/c1-2-33-18-9-12(3-5-17(18)29)22-19-20(15-10-13(24)4-6-16(15)28)25-26-21(19)23(30)27(22)14-7-8-34(31,32)11-14/h3-6,9-10,14,22,28-29H,2,7-8,11H2,1H3,(H,25,26). The molecule has 1 aromatic heterocycles. The van der Waals surface area contributed by atoms with Gasteiger partial charge in [-0.1, -0.05) is 17.7 Å². The third-order valence-electron chi connectivity index (χ3n) is 6.22. The van der Waals surface area contributed by atoms with Gasteiger partial charge in [0.25, 0.3) is 5.91 Å². The molecule has 2 aliphatic rings. The Bertz CT molecular complexity index is 1400. The number of rotatable bonds is 5. The maximum Gasteiger partial charge on any atom is 0.273 e. The van der Waals surface area contributed by atoms with Crippen molar-refractivity contribution < 1.29 is 28.2 Å². The van der Waals surface area contributed by atoms with Gasteiger partial charge in [-0.2, -0.15) is 5.10 Å². The van der Waals surface area contributed by atoms with E-state index in [2.05, 4.69) is 10.2 Å². The van der Waals surface area contributed by atoms with Crippen LogP contribution >= 0.6 is 11.6 Å². The van der Waals surface area contributed by atoms with E-state index in [4.69, 9.17) is 16.3 Å². The first kappa shape index (κ1) is 22.5. The molecule has 0 radical (unpaired) electrons. The molecule has 2 atom stereocenters. The van der Waals surface area contributed by atoms with Gasteiger partial charge in [-0.25, -0.2) is 8.42 Å². The van der Waals surface area contributed by atoms with Gasteiger partial charge < -0.3 is 19.8 Å². The molecule has 2 aliphatic heterocycles. The van der Waals surface area contributed by atoms with Gasteiger partial charge in [-0.15, -0.1) is 0 Å². The highest BCUT2D eigenvalue weighted by Crippen LogP contribution is 2.47. The molecular weight excluding hydrogens is 482 g/mol. The Labute approximate surface area is 200 Å². The van der Waals surface area contributed by atoms with Crippen molar-refractivity contribution in [2.45, 2.75) is 25.4 Å². The molecule has 0 saturated carbocycles. The summed E-state index contributed by atoms with van der Waals surface area (Å²) in [5, 5.41) is 28.2. The van der Waals surface area contributed by atoms with Gasteiger partial charge in [0.2, 0.25) is 0 Å². The van der Waals surface area contributed by atoms with E-state index in [1.165, 1.54) is 12.1 Å². The molecule has 3 heterocycles. The number of aromatic nitrogens is 2. The topological polar surface area (TPSA) is 133 Å². The smallest absolute Gasteiger partial charge is 0.273 e. The number of fused-ring (bicyclic) bond motifs is 1. The Morgan fingerprint density at radius 1 is 1.21 bits per heavy atom. The lowest BCUT2D eigenvalue weighted by Gasteiger charge is -2.31. The second-order valence-electron chi connectivity index (χ2n) is 8.35. The monoisotopic (exact) mass is 503 g/mol. The molecule has 0 aliphatic carbocycles. The van der Waals surface area contributed by atoms with Crippen molar-refractivity contribution in [3.05, 3.63) is 58.2 Å². The van der Waals surface area contributed by atoms with Gasteiger partial charge in [0.15, 0.2) is 21.3 Å². The van der Waals surface area contributed by atoms with Crippen LogP contribution in [-0.2, 0) is 9.84 Å². The van der Waals surface area contributed by atoms with E-state index in [1.54, 1.807) is 36.1 Å². The highest BCUT2D eigenvalue weighted by molar-refractivity contribution is 7.91. The summed E-state index contributed by atoms with van der Waals surface area (Å²) >= 11 is 6.17. The van der Waals surface area contributed by atoms with Gasteiger partial charge in [0, 0.05) is 22.2 Å². The lowest BCUT2D eigenvalue weighted by Crippen LogP contribution is -2.40. The number of H-pyrrole nitrogens is 1. The van der Waals surface area contributed by atoms with E-state index in [0.717, 1.165) is 0 Å². The van der Waals surface area contributed by atoms with Crippen LogP contribution in [0.5, 0.6) is 17.2 Å². The fourth-order valence-electron chi connectivity index (χ4n) is 4.74. The first-order valence-corrected chi connectivity index (χ1v) is 13.0. The van der Waals surface area contributed by atoms with Crippen LogP contribution in [0, 0.1) is 0 Å². The third-order valence-corrected chi connectivity index (χ3v) is 8.20. The van der Waals surface area contributed by atoms with E-state index in [1.807, 2.05) is 0 Å². The Morgan fingerprint density at radius 3 is 2.68 bits per heavy atom. The van der Waals surface area contributed by atoms with Crippen molar-refractivity contribution in [1.82, 2.24) is 15.1 Å². The zero-order valence-corrected chi connectivity index (χ0v) is 19.7. The summed E-state index contributed by atoms with van der Waals surface area (Å²) in [5.74, 6) is -0.384. The van der Waals surface area contributed by atoms with Crippen LogP contribution in [0.1, 0.15) is 41.0 Å². The minimum Gasteiger partial charge on any atom is -0.507 e. The van der Waals surface area contributed by atoms with Crippen LogP contribution in [0.25, 0.3) is 11.3 Å². The molecule has 2 unspecified atom stereocenters. The summed E-state index contributed by atoms with van der Waals surface area (Å²) in [5.41, 5.74) is 2.01. The Hall–Kier alpha value is -3.24. The summed E-state index contributed by atoms with van der Waals surface area (Å²) in [6.45, 7) is 2.11. The number of hydrogen-bond acceptors (Lipinski definition) is 7. The van der Waals surface area contributed by atoms with Crippen molar-refractivity contribution in [3.8, 4) is 28.5 Å². The number of aromatic hydroxyl groups is 2. The number of phenolic OH excluding ortho intramolecular Hbond substituents is 2. The summed E-state index contributed by atoms with van der Waals surface area (Å²) in [6.07, 6.45) is 0.316. The fraction of sp³-hybridized carbons (Fsp3) is 0.304. The normalized spacial score (nSPS) is 21.1. The number of nitrogens with zero attached hydrogens (tertiary/aromatic N) is 2. The minimum atomic E-state index is -3.27. The number of ether oxygens (including phenoxy) is 1. The fourth-order valence-corrected chi connectivity index (χ4v) is 6.62. The molecule has 1 amide bonds. The Balaban J connectivity index is 1.71. The quantitative estimate of drug-likeness (QED) is 0.486. The average molecular weight is 504 g/mol. The molecule has 1 fully saturated rings. The van der Waals surface area contributed by atoms with Crippen molar-refractivity contribution >= 4 is 27.3 Å². The van der Waals surface area contributed by atoms with Crippen molar-refractivity contribution in [2.24, 2.45) is 0 Å². The molecule has 2 aromatic carbocycles. The van der Waals surface area contributed by atoms with Crippen molar-refractivity contribution in [2.75, 3.05) is 18.1 Å². The molecule has 11 heteroatoms. The van der Waals surface area contributed by atoms with Gasteiger partial charge in [0.1, 0.15) is 17.1 Å². The molecule has 34 heavy (non-hydrogen) atoms. The molecule has 3 aromatic rings. The van der Waals surface area contributed by atoms with E-state index >= 15 is 0 Å². The SMILES string of the molecule is CCOc1cc(C2c3c(-c4cc(Cl)ccc4O)n[nH]c3C(=O)N2C2CCS(=O)(=O)C2)ccc1O. The number of benzene rings is 2. The number of hydrogen-bond donors (Lipinski definition) is 3. The number of sulfone groups is 1. The maximum absolute atomic E-state index is 13.5. The summed E-state index contributed by atoms with van der Waals surface area (Å²) in [6, 6.07) is 8.07. The van der Waals surface area contributed by atoms with Crippen LogP contribution in [0.3, 0.4) is 0 Å². The Morgan fingerprint density at radius 2 is 1.97 bits per heavy atom. The second-order valence-corrected chi connectivity index (χ2v) is 11.0. The number of phenols is 2. The van der Waals surface area contributed by atoms with Crippen LogP contribution in [0.15, 0.2) is 36.4 Å². The number of aromatic amines is 1. The molecule has 3 N–H and O–H groups in total. The van der Waals surface area contributed by atoms with Gasteiger partial charge in [0.05, 0.1) is 24.2 Å². The molecule has 1 saturated heterocycles. The van der Waals surface area contributed by atoms with Crippen LogP contribution in [-0.4, -0.2) is 63.8 Å². The highest BCUT2D eigenvalue weighted by Gasteiger charge is 2.48. The van der Waals surface area contributed by atoms with E-state index < -0.39 is 21.9 Å². The number of carbonyl (C=O) groups excluding carboxylic acids is 1. The lowest BCUT2D eigenvalue weighted by atomic mass is 9.94. The second kappa shape index (κ2) is 8.21. The largest absolute Gasteiger partial charge is 0.507 e. The zero-order chi connectivity index (χ0) is 24.2. The average Bonchev–Trinajstić information content (AvgIpc) is 3.45. The number of carbonyl (C=O) groups is 1. The Kier molecular flexibility index (Phi) is 5.44. The summed E-state index contributed by atoms with van der Waals surface area (Å²) in [7, 11) is -3.27. The number of halogens is 1. The first-order chi connectivity index (χ1) is 16.2. The van der Waals surface area contributed by atoms with Gasteiger partial charge >= 0.3 is 0 Å². The number of amides is 1. The van der Waals surface area contributed by atoms with Crippen LogP contribution in [0.4, 0.5) is 0 Å². The highest BCUT2D eigenvalue weighted by atomic mass is 35.5. The summed E-state index contributed by atoms with van der Waals surface area (Å²) < 4.78 is 30.1. The van der Waals surface area contributed by atoms with Crippen molar-refractivity contribution in [3.63, 3.8) is 0 Å². The van der Waals surface area contributed by atoms with E-state index in [9.17, 15) is 23.4 Å². The molecule has 178 valence electrons. The first-order valence-electron chi connectivity index (χ1n) is 10.8. The molecule has 0 spiro atoms. The summed E-state index contributed by atoms with van der Waals surface area (Å²) in [4.78, 5) is 15.1. The molecule has 9 nitrogen and oxygen atoms in total. The van der Waals surface area contributed by atoms with Crippen LogP contribution < -0.4 is 4.74 Å². The van der Waals surface area contributed by atoms with Crippen molar-refractivity contribution in [1.29, 1.82) is 0 Å². The molecule has 5 rings (SSSR count). The van der Waals surface area contributed by atoms with Gasteiger partial charge in [-0.05, 0) is 49.2 Å². The predicted octanol–water partition coefficient (Wildman–Crippen LogP) is 3.27. The maximum atomic E-state index is 13.5. The van der Waals surface area contributed by atoms with E-state index in [-0.39, 0.29) is 40.4 Å². The lowest BCUT2D eigenvalue weighted by molar-refractivity contribution is 0.0677.